The maximum Gasteiger partial charge on any atom is 0.330 e. The van der Waals surface area contributed by atoms with Crippen molar-refractivity contribution >= 4 is 5.97 Å². The highest BCUT2D eigenvalue weighted by molar-refractivity contribution is 5.82. The van der Waals surface area contributed by atoms with Crippen molar-refractivity contribution in [3.05, 3.63) is 48.6 Å². The summed E-state index contributed by atoms with van der Waals surface area (Å²) in [5, 5.41) is 0. The summed E-state index contributed by atoms with van der Waals surface area (Å²) >= 11 is 0. The summed E-state index contributed by atoms with van der Waals surface area (Å²) in [7, 11) is 0. The molecule has 0 radical (unpaired) electrons. The van der Waals surface area contributed by atoms with Gasteiger partial charge in [0.15, 0.2) is 0 Å². The minimum Gasteiger partial charge on any atom is -0.459 e. The molecule has 0 amide bonds. The van der Waals surface area contributed by atoms with Gasteiger partial charge in [0.25, 0.3) is 0 Å². The third-order valence-electron chi connectivity index (χ3n) is 10.1. The highest BCUT2D eigenvalue weighted by atomic mass is 16.5. The van der Waals surface area contributed by atoms with E-state index in [0.29, 0.717) is 30.1 Å². The first-order chi connectivity index (χ1) is 19.4. The lowest BCUT2D eigenvalue weighted by molar-refractivity contribution is -0.146. The van der Waals surface area contributed by atoms with Crippen molar-refractivity contribution in [2.75, 3.05) is 6.61 Å². The molecular formula is C36H54O4. The van der Waals surface area contributed by atoms with E-state index in [9.17, 15) is 4.79 Å². The number of allylic oxidation sites excluding steroid dienone is 1. The zero-order chi connectivity index (χ0) is 27.9. The Morgan fingerprint density at radius 1 is 1.00 bits per heavy atom. The van der Waals surface area contributed by atoms with Gasteiger partial charge in [-0.1, -0.05) is 56.4 Å². The molecule has 3 aliphatic heterocycles. The first-order valence-corrected chi connectivity index (χ1v) is 16.6. The molecule has 222 valence electrons. The zero-order valence-electron chi connectivity index (χ0n) is 25.2. The number of carbonyl (C=O) groups excluding carboxylic acids is 1. The summed E-state index contributed by atoms with van der Waals surface area (Å²) in [6.07, 6.45) is 28.8. The van der Waals surface area contributed by atoms with E-state index < -0.39 is 0 Å². The fourth-order valence-corrected chi connectivity index (χ4v) is 7.48. The molecule has 2 bridgehead atoms. The van der Waals surface area contributed by atoms with E-state index in [1.807, 2.05) is 6.08 Å². The third kappa shape index (κ3) is 9.18. The number of rotatable bonds is 5. The van der Waals surface area contributed by atoms with Gasteiger partial charge in [-0.15, -0.1) is 0 Å². The van der Waals surface area contributed by atoms with Crippen LogP contribution in [0.4, 0.5) is 0 Å². The first-order valence-electron chi connectivity index (χ1n) is 16.6. The Labute approximate surface area is 243 Å². The quantitative estimate of drug-likeness (QED) is 0.254. The van der Waals surface area contributed by atoms with Crippen LogP contribution >= 0.6 is 0 Å². The predicted octanol–water partition coefficient (Wildman–Crippen LogP) is 8.53. The topological polar surface area (TPSA) is 44.8 Å². The van der Waals surface area contributed by atoms with Crippen molar-refractivity contribution in [3.8, 4) is 0 Å². The maximum atomic E-state index is 13.2. The standard InChI is InChI=1S/C36H54O4/c1-25-13-14-27(3)34(29-17-18-29)24-35(33(28-15-16-28)20-19-30-8-4-5-21-38-30)40-36(37)12-7-10-31-9-6-11-32(39-31)23-26(2)22-25/h6-7,9,12,19-20,26-35H,1,4-5,8,10-11,13-18,21-24H2,2-3H3/b12-7-,20-19+. The SMILES string of the molecule is C=C1CCC(C)C(C2CC2)CC(C(/C=C/C2CCCCO2)C2CC2)OC(=O)/C=C\CC2C=CCC(CC(C)C1)O2. The summed E-state index contributed by atoms with van der Waals surface area (Å²) < 4.78 is 18.8. The highest BCUT2D eigenvalue weighted by Crippen LogP contribution is 2.48. The summed E-state index contributed by atoms with van der Waals surface area (Å²) in [6, 6.07) is 0. The zero-order valence-corrected chi connectivity index (χ0v) is 25.2. The number of hydrogen-bond acceptors (Lipinski definition) is 4. The number of cyclic esters (lactones) is 1. The van der Waals surface area contributed by atoms with Gasteiger partial charge in [0.05, 0.1) is 18.3 Å². The monoisotopic (exact) mass is 550 g/mol. The second-order valence-corrected chi connectivity index (χ2v) is 13.8. The minimum absolute atomic E-state index is 0.0330. The molecule has 5 aliphatic rings. The molecule has 1 saturated heterocycles. The highest BCUT2D eigenvalue weighted by Gasteiger charge is 2.42. The van der Waals surface area contributed by atoms with Crippen molar-refractivity contribution in [1.82, 2.24) is 0 Å². The van der Waals surface area contributed by atoms with Crippen molar-refractivity contribution in [2.45, 2.75) is 128 Å². The van der Waals surface area contributed by atoms with Crippen LogP contribution in [0.5, 0.6) is 0 Å². The largest absolute Gasteiger partial charge is 0.459 e. The fraction of sp³-hybridized carbons (Fsp3) is 0.750. The molecule has 8 unspecified atom stereocenters. The molecule has 0 N–H and O–H groups in total. The van der Waals surface area contributed by atoms with Crippen LogP contribution in [-0.4, -0.2) is 37.0 Å². The van der Waals surface area contributed by atoms with Crippen LogP contribution in [-0.2, 0) is 19.0 Å². The molecule has 0 aromatic rings. The van der Waals surface area contributed by atoms with Gasteiger partial charge in [0.1, 0.15) is 6.10 Å². The van der Waals surface area contributed by atoms with Crippen molar-refractivity contribution in [2.24, 2.45) is 35.5 Å². The fourth-order valence-electron chi connectivity index (χ4n) is 7.48. The van der Waals surface area contributed by atoms with Crippen LogP contribution in [0.15, 0.2) is 48.6 Å². The summed E-state index contributed by atoms with van der Waals surface area (Å²) in [5.41, 5.74) is 1.38. The Hall–Kier alpha value is -1.65. The van der Waals surface area contributed by atoms with Crippen molar-refractivity contribution < 1.29 is 19.0 Å². The first kappa shape index (κ1) is 29.8. The normalized spacial score (nSPS) is 38.8. The molecule has 40 heavy (non-hydrogen) atoms. The van der Waals surface area contributed by atoms with Crippen LogP contribution in [0, 0.1) is 35.5 Å². The van der Waals surface area contributed by atoms with Crippen LogP contribution in [0.3, 0.4) is 0 Å². The molecule has 0 spiro atoms. The van der Waals surface area contributed by atoms with Crippen LogP contribution in [0.2, 0.25) is 0 Å². The molecule has 2 saturated carbocycles. The van der Waals surface area contributed by atoms with E-state index in [0.717, 1.165) is 57.5 Å². The number of ether oxygens (including phenoxy) is 3. The molecule has 4 nitrogen and oxygen atoms in total. The lowest BCUT2D eigenvalue weighted by atomic mass is 9.78. The molecule has 0 aromatic heterocycles. The average Bonchev–Trinajstić information content (AvgIpc) is 3.85. The molecule has 2 aliphatic carbocycles. The Bertz CT molecular complexity index is 919. The third-order valence-corrected chi connectivity index (χ3v) is 10.1. The van der Waals surface area contributed by atoms with Gasteiger partial charge in [0.2, 0.25) is 0 Å². The van der Waals surface area contributed by atoms with E-state index in [1.165, 1.54) is 44.1 Å². The Morgan fingerprint density at radius 3 is 2.60 bits per heavy atom. The molecular weight excluding hydrogens is 496 g/mol. The smallest absolute Gasteiger partial charge is 0.330 e. The van der Waals surface area contributed by atoms with Gasteiger partial charge in [-0.05, 0) is 119 Å². The molecule has 3 fully saturated rings. The lowest BCUT2D eigenvalue weighted by Gasteiger charge is -2.32. The van der Waals surface area contributed by atoms with E-state index in [2.05, 4.69) is 44.7 Å². The molecule has 8 atom stereocenters. The number of fused-ring (bicyclic) bond motifs is 2. The molecule has 0 aromatic carbocycles. The van der Waals surface area contributed by atoms with E-state index in [1.54, 1.807) is 6.08 Å². The van der Waals surface area contributed by atoms with Gasteiger partial charge in [-0.3, -0.25) is 0 Å². The molecule has 5 rings (SSSR count). The van der Waals surface area contributed by atoms with Gasteiger partial charge in [0, 0.05) is 18.6 Å². The Balaban J connectivity index is 1.34. The van der Waals surface area contributed by atoms with Gasteiger partial charge < -0.3 is 14.2 Å². The minimum atomic E-state index is -0.195. The Morgan fingerprint density at radius 2 is 1.85 bits per heavy atom. The lowest BCUT2D eigenvalue weighted by Crippen LogP contribution is -2.32. The number of hydrogen-bond donors (Lipinski definition) is 0. The molecule has 4 heteroatoms. The van der Waals surface area contributed by atoms with Gasteiger partial charge in [-0.2, -0.15) is 0 Å². The second-order valence-electron chi connectivity index (χ2n) is 13.8. The molecule has 3 heterocycles. The number of esters is 1. The Kier molecular flexibility index (Phi) is 10.8. The summed E-state index contributed by atoms with van der Waals surface area (Å²) in [6.45, 7) is 10.1. The van der Waals surface area contributed by atoms with E-state index in [4.69, 9.17) is 14.2 Å². The summed E-state index contributed by atoms with van der Waals surface area (Å²) in [5.74, 6) is 3.26. The van der Waals surface area contributed by atoms with Crippen LogP contribution in [0.25, 0.3) is 0 Å². The summed E-state index contributed by atoms with van der Waals surface area (Å²) in [4.78, 5) is 13.2. The van der Waals surface area contributed by atoms with E-state index in [-0.39, 0.29) is 36.3 Å². The van der Waals surface area contributed by atoms with Crippen LogP contribution < -0.4 is 0 Å². The van der Waals surface area contributed by atoms with Gasteiger partial charge in [-0.25, -0.2) is 4.79 Å². The van der Waals surface area contributed by atoms with E-state index >= 15 is 0 Å². The predicted molar refractivity (Wildman–Crippen MR) is 162 cm³/mol. The van der Waals surface area contributed by atoms with Crippen LogP contribution in [0.1, 0.15) is 104 Å². The maximum absolute atomic E-state index is 13.2. The number of carbonyl (C=O) groups is 1. The van der Waals surface area contributed by atoms with Gasteiger partial charge >= 0.3 is 5.97 Å². The van der Waals surface area contributed by atoms with Crippen molar-refractivity contribution in [1.29, 1.82) is 0 Å². The van der Waals surface area contributed by atoms with Crippen molar-refractivity contribution in [3.63, 3.8) is 0 Å². The average molecular weight is 551 g/mol. The second kappa shape index (κ2) is 14.5.